The molecule has 6 nitrogen and oxygen atoms in total. The summed E-state index contributed by atoms with van der Waals surface area (Å²) >= 11 is 3.43. The summed E-state index contributed by atoms with van der Waals surface area (Å²) < 4.78 is 0.929. The Kier molecular flexibility index (Phi) is 5.18. The van der Waals surface area contributed by atoms with Crippen molar-refractivity contribution in [3.8, 4) is 0 Å². The van der Waals surface area contributed by atoms with Gasteiger partial charge in [0.15, 0.2) is 6.17 Å². The zero-order chi connectivity index (χ0) is 19.5. The van der Waals surface area contributed by atoms with Gasteiger partial charge in [0.2, 0.25) is 0 Å². The first-order chi connectivity index (χ1) is 13.6. The minimum atomic E-state index is -0.617. The van der Waals surface area contributed by atoms with Crippen LogP contribution in [0.1, 0.15) is 23.3 Å². The van der Waals surface area contributed by atoms with Gasteiger partial charge in [0.1, 0.15) is 6.04 Å². The Hall–Kier alpha value is -3.03. The monoisotopic (exact) mass is 436 g/mol. The second-order valence-electron chi connectivity index (χ2n) is 6.36. The first-order valence-corrected chi connectivity index (χ1v) is 9.56. The van der Waals surface area contributed by atoms with Gasteiger partial charge in [-0.15, -0.1) is 0 Å². The molecule has 3 aromatic rings. The van der Waals surface area contributed by atoms with Crippen LogP contribution >= 0.6 is 15.9 Å². The number of nitrogens with zero attached hydrogens (tertiary/aromatic N) is 3. The third kappa shape index (κ3) is 3.67. The highest BCUT2D eigenvalue weighted by atomic mass is 79.9. The maximum absolute atomic E-state index is 11.8. The SMILES string of the molecule is O=[N+]([O-])C1=NN(c2ccc(Br)cc2)[C@@H](c2ccccc2)N[C@@H]1c1ccccc1. The van der Waals surface area contributed by atoms with Crippen LogP contribution in [0.25, 0.3) is 0 Å². The second-order valence-corrected chi connectivity index (χ2v) is 7.28. The smallest absolute Gasteiger partial charge is 0.358 e. The summed E-state index contributed by atoms with van der Waals surface area (Å²) in [4.78, 5) is 11.4. The number of nitro groups is 1. The van der Waals surface area contributed by atoms with Crippen LogP contribution in [0, 0.1) is 10.1 Å². The highest BCUT2D eigenvalue weighted by Crippen LogP contribution is 2.33. The number of benzene rings is 3. The number of hydrogen-bond donors (Lipinski definition) is 1. The lowest BCUT2D eigenvalue weighted by Gasteiger charge is -2.33. The van der Waals surface area contributed by atoms with Crippen LogP contribution in [0.2, 0.25) is 0 Å². The fourth-order valence-electron chi connectivity index (χ4n) is 3.23. The lowest BCUT2D eigenvalue weighted by atomic mass is 10.0. The number of amidine groups is 1. The molecule has 1 heterocycles. The molecule has 7 heteroatoms. The van der Waals surface area contributed by atoms with Crippen LogP contribution in [0.3, 0.4) is 0 Å². The van der Waals surface area contributed by atoms with Crippen molar-refractivity contribution >= 4 is 27.5 Å². The van der Waals surface area contributed by atoms with E-state index in [1.54, 1.807) is 5.01 Å². The number of hydrazone groups is 1. The number of nitrogens with one attached hydrogen (secondary N) is 1. The van der Waals surface area contributed by atoms with Crippen molar-refractivity contribution in [2.75, 3.05) is 5.01 Å². The van der Waals surface area contributed by atoms with Gasteiger partial charge in [-0.3, -0.25) is 5.32 Å². The minimum Gasteiger partial charge on any atom is -0.358 e. The summed E-state index contributed by atoms with van der Waals surface area (Å²) in [7, 11) is 0. The molecule has 0 saturated heterocycles. The average molecular weight is 437 g/mol. The van der Waals surface area contributed by atoms with E-state index in [0.717, 1.165) is 21.3 Å². The Morgan fingerprint density at radius 1 is 0.893 bits per heavy atom. The van der Waals surface area contributed by atoms with E-state index in [-0.39, 0.29) is 12.0 Å². The molecule has 0 spiro atoms. The molecule has 0 fully saturated rings. The first kappa shape index (κ1) is 18.3. The van der Waals surface area contributed by atoms with E-state index >= 15 is 0 Å². The van der Waals surface area contributed by atoms with E-state index in [9.17, 15) is 10.1 Å². The quantitative estimate of drug-likeness (QED) is 0.468. The zero-order valence-electron chi connectivity index (χ0n) is 14.8. The minimum absolute atomic E-state index is 0.138. The fraction of sp³-hybridized carbons (Fsp3) is 0.0952. The maximum atomic E-state index is 11.8. The van der Waals surface area contributed by atoms with Crippen LogP contribution in [0.5, 0.6) is 0 Å². The summed E-state index contributed by atoms with van der Waals surface area (Å²) in [6, 6.07) is 26.1. The van der Waals surface area contributed by atoms with E-state index in [2.05, 4.69) is 26.3 Å². The Bertz CT molecular complexity index is 994. The van der Waals surface area contributed by atoms with Gasteiger partial charge in [-0.2, -0.15) is 5.01 Å². The van der Waals surface area contributed by atoms with E-state index in [4.69, 9.17) is 0 Å². The van der Waals surface area contributed by atoms with E-state index in [0.29, 0.717) is 0 Å². The molecule has 1 N–H and O–H groups in total. The number of rotatable bonds is 3. The normalized spacial score (nSPS) is 19.2. The predicted molar refractivity (Wildman–Crippen MR) is 113 cm³/mol. The van der Waals surface area contributed by atoms with E-state index in [1.807, 2.05) is 84.9 Å². The van der Waals surface area contributed by atoms with Crippen molar-refractivity contribution in [1.29, 1.82) is 0 Å². The summed E-state index contributed by atoms with van der Waals surface area (Å²) in [6.45, 7) is 0. The fourth-order valence-corrected chi connectivity index (χ4v) is 3.50. The molecule has 4 rings (SSSR count). The molecule has 0 amide bonds. The Labute approximate surface area is 170 Å². The highest BCUT2D eigenvalue weighted by molar-refractivity contribution is 9.10. The average Bonchev–Trinajstić information content (AvgIpc) is 2.74. The van der Waals surface area contributed by atoms with Gasteiger partial charge in [-0.1, -0.05) is 76.6 Å². The maximum Gasteiger partial charge on any atom is 0.385 e. The molecule has 0 bridgehead atoms. The number of anilines is 1. The van der Waals surface area contributed by atoms with Crippen LogP contribution in [0.15, 0.2) is 94.5 Å². The summed E-state index contributed by atoms with van der Waals surface area (Å²) in [6.07, 6.45) is -0.351. The lowest BCUT2D eigenvalue weighted by Crippen LogP contribution is -2.48. The van der Waals surface area contributed by atoms with Crippen molar-refractivity contribution < 1.29 is 4.92 Å². The molecule has 2 atom stereocenters. The Morgan fingerprint density at radius 2 is 1.46 bits per heavy atom. The molecule has 1 aliphatic rings. The van der Waals surface area contributed by atoms with Gasteiger partial charge in [-0.05, 0) is 40.3 Å². The second kappa shape index (κ2) is 7.92. The van der Waals surface area contributed by atoms with Crippen LogP contribution in [-0.4, -0.2) is 10.8 Å². The van der Waals surface area contributed by atoms with Crippen molar-refractivity contribution in [3.05, 3.63) is 111 Å². The van der Waals surface area contributed by atoms with E-state index in [1.165, 1.54) is 0 Å². The van der Waals surface area contributed by atoms with Gasteiger partial charge < -0.3 is 10.1 Å². The molecule has 3 aromatic carbocycles. The van der Waals surface area contributed by atoms with Crippen molar-refractivity contribution in [2.45, 2.75) is 12.2 Å². The van der Waals surface area contributed by atoms with Crippen LogP contribution in [-0.2, 0) is 0 Å². The first-order valence-electron chi connectivity index (χ1n) is 8.77. The molecular formula is C21H17BrN4O2. The Morgan fingerprint density at radius 3 is 2.04 bits per heavy atom. The molecular weight excluding hydrogens is 420 g/mol. The molecule has 0 unspecified atom stereocenters. The molecule has 0 aromatic heterocycles. The van der Waals surface area contributed by atoms with Crippen molar-refractivity contribution in [3.63, 3.8) is 0 Å². The molecule has 0 radical (unpaired) electrons. The third-order valence-electron chi connectivity index (χ3n) is 4.56. The van der Waals surface area contributed by atoms with Gasteiger partial charge >= 0.3 is 5.84 Å². The largest absolute Gasteiger partial charge is 0.385 e. The van der Waals surface area contributed by atoms with Gasteiger partial charge in [0.05, 0.1) is 10.8 Å². The van der Waals surface area contributed by atoms with Crippen LogP contribution < -0.4 is 10.3 Å². The molecule has 0 aliphatic carbocycles. The molecule has 28 heavy (non-hydrogen) atoms. The summed E-state index contributed by atoms with van der Waals surface area (Å²) in [5.41, 5.74) is 2.53. The van der Waals surface area contributed by atoms with Crippen LogP contribution in [0.4, 0.5) is 5.69 Å². The molecule has 1 aliphatic heterocycles. The van der Waals surface area contributed by atoms with E-state index < -0.39 is 11.0 Å². The molecule has 140 valence electrons. The molecule has 0 saturated carbocycles. The Balaban J connectivity index is 1.84. The lowest BCUT2D eigenvalue weighted by molar-refractivity contribution is -0.356. The van der Waals surface area contributed by atoms with Gasteiger partial charge in [0, 0.05) is 4.47 Å². The summed E-state index contributed by atoms with van der Waals surface area (Å²) in [5.74, 6) is -0.138. The zero-order valence-corrected chi connectivity index (χ0v) is 16.4. The third-order valence-corrected chi connectivity index (χ3v) is 5.09. The number of halogens is 1. The standard InChI is InChI=1S/C21H17BrN4O2/c22-17-11-13-18(14-12-17)25-20(16-9-5-2-6-10-16)23-19(21(24-25)26(27)28)15-7-3-1-4-8-15/h1-14,19-20,23H/t19-,20+/m1/s1. The highest BCUT2D eigenvalue weighted by Gasteiger charge is 2.41. The number of hydrogen-bond acceptors (Lipinski definition) is 5. The topological polar surface area (TPSA) is 70.8 Å². The van der Waals surface area contributed by atoms with Crippen molar-refractivity contribution in [2.24, 2.45) is 5.10 Å². The predicted octanol–water partition coefficient (Wildman–Crippen LogP) is 4.89. The van der Waals surface area contributed by atoms with Crippen molar-refractivity contribution in [1.82, 2.24) is 5.32 Å². The van der Waals surface area contributed by atoms with Gasteiger partial charge in [-0.25, -0.2) is 0 Å². The summed E-state index contributed by atoms with van der Waals surface area (Å²) in [5, 5.41) is 21.4. The van der Waals surface area contributed by atoms with Gasteiger partial charge in [0.25, 0.3) is 0 Å².